The van der Waals surface area contributed by atoms with E-state index in [0.717, 1.165) is 18.5 Å². The number of aromatic nitrogens is 1. The Hall–Kier alpha value is -2.16. The van der Waals surface area contributed by atoms with E-state index in [2.05, 4.69) is 17.1 Å². The third kappa shape index (κ3) is 3.91. The van der Waals surface area contributed by atoms with Crippen LogP contribution in [0.2, 0.25) is 0 Å². The summed E-state index contributed by atoms with van der Waals surface area (Å²) in [5, 5.41) is 0. The Bertz CT molecular complexity index is 511. The highest BCUT2D eigenvalue weighted by Crippen LogP contribution is 2.12. The molecule has 1 aromatic heterocycles. The van der Waals surface area contributed by atoms with E-state index < -0.39 is 0 Å². The number of pyridine rings is 1. The highest BCUT2D eigenvalue weighted by Gasteiger charge is 2.09. The van der Waals surface area contributed by atoms with Gasteiger partial charge in [0.05, 0.1) is 0 Å². The van der Waals surface area contributed by atoms with Crippen LogP contribution in [-0.4, -0.2) is 17.9 Å². The molecule has 0 aliphatic heterocycles. The molecule has 98 valence electrons. The number of amides is 1. The fourth-order valence-corrected chi connectivity index (χ4v) is 1.97. The predicted molar refractivity (Wildman–Crippen MR) is 77.0 cm³/mol. The van der Waals surface area contributed by atoms with Crippen LogP contribution in [0.3, 0.4) is 0 Å². The summed E-state index contributed by atoms with van der Waals surface area (Å²) in [6, 6.07) is 13.9. The Morgan fingerprint density at radius 3 is 2.47 bits per heavy atom. The minimum Gasteiger partial charge on any atom is -0.315 e. The maximum absolute atomic E-state index is 12.0. The van der Waals surface area contributed by atoms with Crippen LogP contribution in [0.25, 0.3) is 0 Å². The Morgan fingerprint density at radius 1 is 1.11 bits per heavy atom. The van der Waals surface area contributed by atoms with Crippen LogP contribution < -0.4 is 4.90 Å². The number of hydrogen-bond donors (Lipinski definition) is 0. The molecule has 0 atom stereocenters. The molecule has 0 fully saturated rings. The fraction of sp³-hybridized carbons (Fsp3) is 0.250. The molecule has 0 N–H and O–H groups in total. The maximum atomic E-state index is 12.0. The zero-order chi connectivity index (χ0) is 13.5. The van der Waals surface area contributed by atoms with Gasteiger partial charge in [-0.2, -0.15) is 0 Å². The Morgan fingerprint density at radius 2 is 1.79 bits per heavy atom. The molecule has 0 saturated carbocycles. The molecule has 0 bridgehead atoms. The van der Waals surface area contributed by atoms with Crippen LogP contribution in [-0.2, 0) is 11.2 Å². The number of anilines is 1. The van der Waals surface area contributed by atoms with E-state index in [1.165, 1.54) is 5.56 Å². The summed E-state index contributed by atoms with van der Waals surface area (Å²) in [5.41, 5.74) is 2.17. The van der Waals surface area contributed by atoms with E-state index >= 15 is 0 Å². The first-order chi connectivity index (χ1) is 9.27. The Balaban J connectivity index is 1.82. The van der Waals surface area contributed by atoms with Gasteiger partial charge in [-0.05, 0) is 30.5 Å². The van der Waals surface area contributed by atoms with Crippen molar-refractivity contribution >= 4 is 11.6 Å². The number of benzene rings is 1. The zero-order valence-corrected chi connectivity index (χ0v) is 11.1. The Labute approximate surface area is 113 Å². The van der Waals surface area contributed by atoms with Crippen molar-refractivity contribution in [2.45, 2.75) is 19.3 Å². The third-order valence-corrected chi connectivity index (χ3v) is 3.12. The maximum Gasteiger partial charge on any atom is 0.226 e. The quantitative estimate of drug-likeness (QED) is 0.821. The van der Waals surface area contributed by atoms with Crippen molar-refractivity contribution in [1.82, 2.24) is 4.98 Å². The Kier molecular flexibility index (Phi) is 4.67. The number of rotatable bonds is 5. The standard InChI is InChI=1S/C16H18N2O/c1-18(15-10-12-17-13-11-15)16(19)9-5-8-14-6-3-2-4-7-14/h2-4,6-7,10-13H,5,8-9H2,1H3. The molecular weight excluding hydrogens is 236 g/mol. The molecule has 3 nitrogen and oxygen atoms in total. The minimum atomic E-state index is 0.141. The largest absolute Gasteiger partial charge is 0.315 e. The summed E-state index contributed by atoms with van der Waals surface area (Å²) in [5.74, 6) is 0.141. The molecule has 0 aliphatic carbocycles. The van der Waals surface area contributed by atoms with Crippen LogP contribution in [0.15, 0.2) is 54.9 Å². The van der Waals surface area contributed by atoms with Crippen molar-refractivity contribution in [2.75, 3.05) is 11.9 Å². The summed E-state index contributed by atoms with van der Waals surface area (Å²) in [6.07, 6.45) is 5.77. The summed E-state index contributed by atoms with van der Waals surface area (Å²) in [7, 11) is 1.81. The van der Waals surface area contributed by atoms with E-state index in [4.69, 9.17) is 0 Å². The second-order valence-corrected chi connectivity index (χ2v) is 4.50. The molecule has 19 heavy (non-hydrogen) atoms. The van der Waals surface area contributed by atoms with Crippen molar-refractivity contribution in [3.05, 3.63) is 60.4 Å². The van der Waals surface area contributed by atoms with Crippen LogP contribution in [0.1, 0.15) is 18.4 Å². The highest BCUT2D eigenvalue weighted by molar-refractivity contribution is 5.92. The molecule has 0 radical (unpaired) electrons. The normalized spacial score (nSPS) is 10.2. The summed E-state index contributed by atoms with van der Waals surface area (Å²) < 4.78 is 0. The second-order valence-electron chi connectivity index (χ2n) is 4.50. The SMILES string of the molecule is CN(C(=O)CCCc1ccccc1)c1ccncc1. The van der Waals surface area contributed by atoms with Gasteiger partial charge in [0.15, 0.2) is 0 Å². The van der Waals surface area contributed by atoms with Gasteiger partial charge in [-0.1, -0.05) is 30.3 Å². The first kappa shape index (κ1) is 13.3. The van der Waals surface area contributed by atoms with Gasteiger partial charge in [0.25, 0.3) is 0 Å². The van der Waals surface area contributed by atoms with Gasteiger partial charge in [-0.15, -0.1) is 0 Å². The molecule has 0 aliphatic rings. The van der Waals surface area contributed by atoms with Gasteiger partial charge in [-0.25, -0.2) is 0 Å². The van der Waals surface area contributed by atoms with Crippen molar-refractivity contribution in [2.24, 2.45) is 0 Å². The molecule has 1 aromatic carbocycles. The molecule has 1 amide bonds. The average Bonchev–Trinajstić information content (AvgIpc) is 2.48. The minimum absolute atomic E-state index is 0.141. The fourth-order valence-electron chi connectivity index (χ4n) is 1.97. The number of nitrogens with zero attached hydrogens (tertiary/aromatic N) is 2. The highest BCUT2D eigenvalue weighted by atomic mass is 16.2. The van der Waals surface area contributed by atoms with E-state index in [0.29, 0.717) is 6.42 Å². The molecule has 2 rings (SSSR count). The third-order valence-electron chi connectivity index (χ3n) is 3.12. The molecule has 3 heteroatoms. The smallest absolute Gasteiger partial charge is 0.226 e. The van der Waals surface area contributed by atoms with Gasteiger partial charge in [-0.3, -0.25) is 9.78 Å². The van der Waals surface area contributed by atoms with Crippen LogP contribution in [0.4, 0.5) is 5.69 Å². The first-order valence-electron chi connectivity index (χ1n) is 6.48. The van der Waals surface area contributed by atoms with E-state index in [1.54, 1.807) is 24.3 Å². The van der Waals surface area contributed by atoms with Crippen molar-refractivity contribution in [3.8, 4) is 0 Å². The van der Waals surface area contributed by atoms with Crippen molar-refractivity contribution in [1.29, 1.82) is 0 Å². The second kappa shape index (κ2) is 6.69. The number of aryl methyl sites for hydroxylation is 1. The molecule has 0 spiro atoms. The molecule has 2 aromatic rings. The monoisotopic (exact) mass is 254 g/mol. The van der Waals surface area contributed by atoms with E-state index in [1.807, 2.05) is 30.3 Å². The van der Waals surface area contributed by atoms with Gasteiger partial charge >= 0.3 is 0 Å². The summed E-state index contributed by atoms with van der Waals surface area (Å²) in [6.45, 7) is 0. The number of carbonyl (C=O) groups is 1. The van der Waals surface area contributed by atoms with Crippen LogP contribution >= 0.6 is 0 Å². The van der Waals surface area contributed by atoms with Crippen molar-refractivity contribution < 1.29 is 4.79 Å². The summed E-state index contributed by atoms with van der Waals surface area (Å²) >= 11 is 0. The lowest BCUT2D eigenvalue weighted by Crippen LogP contribution is -2.25. The van der Waals surface area contributed by atoms with E-state index in [-0.39, 0.29) is 5.91 Å². The lowest BCUT2D eigenvalue weighted by Gasteiger charge is -2.16. The summed E-state index contributed by atoms with van der Waals surface area (Å²) in [4.78, 5) is 17.7. The van der Waals surface area contributed by atoms with Gasteiger partial charge in [0, 0.05) is 31.5 Å². The zero-order valence-electron chi connectivity index (χ0n) is 11.1. The lowest BCUT2D eigenvalue weighted by molar-refractivity contribution is -0.118. The topological polar surface area (TPSA) is 33.2 Å². The predicted octanol–water partition coefficient (Wildman–Crippen LogP) is 3.07. The van der Waals surface area contributed by atoms with Gasteiger partial charge in [0.1, 0.15) is 0 Å². The molecule has 0 unspecified atom stereocenters. The lowest BCUT2D eigenvalue weighted by atomic mass is 10.1. The van der Waals surface area contributed by atoms with Crippen LogP contribution in [0, 0.1) is 0 Å². The number of hydrogen-bond acceptors (Lipinski definition) is 2. The van der Waals surface area contributed by atoms with Gasteiger partial charge in [0.2, 0.25) is 5.91 Å². The molecule has 0 saturated heterocycles. The molecular formula is C16H18N2O. The van der Waals surface area contributed by atoms with Crippen LogP contribution in [0.5, 0.6) is 0 Å². The van der Waals surface area contributed by atoms with E-state index in [9.17, 15) is 4.79 Å². The first-order valence-corrected chi connectivity index (χ1v) is 6.48. The number of carbonyl (C=O) groups excluding carboxylic acids is 1. The molecule has 1 heterocycles. The van der Waals surface area contributed by atoms with Gasteiger partial charge < -0.3 is 4.90 Å². The average molecular weight is 254 g/mol. The van der Waals surface area contributed by atoms with Crippen molar-refractivity contribution in [3.63, 3.8) is 0 Å².